The summed E-state index contributed by atoms with van der Waals surface area (Å²) in [5.74, 6) is -0.541. The zero-order chi connectivity index (χ0) is 12.0. The van der Waals surface area contributed by atoms with E-state index < -0.39 is 11.6 Å². The molecule has 0 bridgehead atoms. The summed E-state index contributed by atoms with van der Waals surface area (Å²) in [6, 6.07) is 3.75. The van der Waals surface area contributed by atoms with Crippen LogP contribution >= 0.6 is 0 Å². The molecular weight excluding hydrogens is 208 g/mol. The number of nitrogens with one attached hydrogen (secondary N) is 1. The highest BCUT2D eigenvalue weighted by atomic mass is 19.1. The van der Waals surface area contributed by atoms with Crippen LogP contribution in [0.2, 0.25) is 0 Å². The van der Waals surface area contributed by atoms with E-state index in [0.717, 1.165) is 37.4 Å². The second-order valence-electron chi connectivity index (χ2n) is 4.19. The zero-order valence-electron chi connectivity index (χ0n) is 9.89. The van der Waals surface area contributed by atoms with Crippen LogP contribution in [0, 0.1) is 17.6 Å². The molecule has 0 aliphatic carbocycles. The molecule has 0 aliphatic heterocycles. The summed E-state index contributed by atoms with van der Waals surface area (Å²) >= 11 is 0. The first-order valence-electron chi connectivity index (χ1n) is 5.75. The summed E-state index contributed by atoms with van der Waals surface area (Å²) in [6.45, 7) is 3.00. The maximum absolute atomic E-state index is 13.0. The number of halogens is 2. The monoisotopic (exact) mass is 227 g/mol. The molecule has 0 spiro atoms. The van der Waals surface area contributed by atoms with Crippen LogP contribution in [-0.2, 0) is 6.42 Å². The van der Waals surface area contributed by atoms with Crippen molar-refractivity contribution >= 4 is 0 Å². The Balaban J connectivity index is 2.68. The third-order valence-corrected chi connectivity index (χ3v) is 2.64. The summed E-state index contributed by atoms with van der Waals surface area (Å²) in [4.78, 5) is 0. The highest BCUT2D eigenvalue weighted by molar-refractivity contribution is 5.18. The molecule has 0 fully saturated rings. The molecule has 0 saturated heterocycles. The van der Waals surface area contributed by atoms with Gasteiger partial charge in [-0.2, -0.15) is 0 Å². The summed E-state index contributed by atoms with van der Waals surface area (Å²) in [5, 5.41) is 3.11. The Hall–Kier alpha value is -0.960. The van der Waals surface area contributed by atoms with Gasteiger partial charge in [-0.25, -0.2) is 8.78 Å². The lowest BCUT2D eigenvalue weighted by Gasteiger charge is -2.15. The van der Waals surface area contributed by atoms with Gasteiger partial charge in [-0.1, -0.05) is 13.3 Å². The summed E-state index contributed by atoms with van der Waals surface area (Å²) < 4.78 is 26.0. The maximum Gasteiger partial charge on any atom is 0.126 e. The SMILES string of the molecule is CCCC(CNC)Cc1cc(F)cc(F)c1. The molecule has 1 nitrogen and oxygen atoms in total. The van der Waals surface area contributed by atoms with Crippen LogP contribution < -0.4 is 5.32 Å². The first kappa shape index (κ1) is 13.1. The molecule has 1 atom stereocenters. The van der Waals surface area contributed by atoms with Gasteiger partial charge in [-0.3, -0.25) is 0 Å². The molecule has 1 rings (SSSR count). The molecule has 3 heteroatoms. The molecule has 16 heavy (non-hydrogen) atoms. The van der Waals surface area contributed by atoms with E-state index in [1.807, 2.05) is 7.05 Å². The van der Waals surface area contributed by atoms with Crippen LogP contribution in [0.1, 0.15) is 25.3 Å². The minimum atomic E-state index is -0.491. The van der Waals surface area contributed by atoms with Crippen LogP contribution in [0.15, 0.2) is 18.2 Å². The normalized spacial score (nSPS) is 12.8. The smallest absolute Gasteiger partial charge is 0.126 e. The quantitative estimate of drug-likeness (QED) is 0.787. The minimum absolute atomic E-state index is 0.441. The fourth-order valence-corrected chi connectivity index (χ4v) is 2.04. The lowest BCUT2D eigenvalue weighted by atomic mass is 9.95. The van der Waals surface area contributed by atoms with E-state index in [4.69, 9.17) is 0 Å². The van der Waals surface area contributed by atoms with E-state index in [2.05, 4.69) is 12.2 Å². The van der Waals surface area contributed by atoms with E-state index in [1.54, 1.807) is 0 Å². The average molecular weight is 227 g/mol. The van der Waals surface area contributed by atoms with E-state index in [-0.39, 0.29) is 0 Å². The van der Waals surface area contributed by atoms with E-state index >= 15 is 0 Å². The third-order valence-electron chi connectivity index (χ3n) is 2.64. The number of hydrogen-bond acceptors (Lipinski definition) is 1. The van der Waals surface area contributed by atoms with Crippen molar-refractivity contribution in [3.05, 3.63) is 35.4 Å². The first-order valence-corrected chi connectivity index (χ1v) is 5.75. The molecule has 0 saturated carbocycles. The van der Waals surface area contributed by atoms with E-state index in [1.165, 1.54) is 12.1 Å². The van der Waals surface area contributed by atoms with Crippen molar-refractivity contribution in [3.63, 3.8) is 0 Å². The van der Waals surface area contributed by atoms with Crippen molar-refractivity contribution in [2.75, 3.05) is 13.6 Å². The Kier molecular flexibility index (Phi) is 5.39. The number of benzene rings is 1. The lowest BCUT2D eigenvalue weighted by Crippen LogP contribution is -2.20. The Morgan fingerprint density at radius 2 is 1.81 bits per heavy atom. The van der Waals surface area contributed by atoms with Crippen LogP contribution in [0.25, 0.3) is 0 Å². The topological polar surface area (TPSA) is 12.0 Å². The Morgan fingerprint density at radius 1 is 1.19 bits per heavy atom. The van der Waals surface area contributed by atoms with Gasteiger partial charge in [0.25, 0.3) is 0 Å². The predicted octanol–water partition coefficient (Wildman–Crippen LogP) is 3.14. The number of hydrogen-bond donors (Lipinski definition) is 1. The maximum atomic E-state index is 13.0. The van der Waals surface area contributed by atoms with Gasteiger partial charge in [0.15, 0.2) is 0 Å². The van der Waals surface area contributed by atoms with Gasteiger partial charge in [0.2, 0.25) is 0 Å². The molecule has 1 unspecified atom stereocenters. The molecule has 0 aliphatic rings. The first-order chi connectivity index (χ1) is 7.65. The Labute approximate surface area is 95.9 Å². The molecule has 0 amide bonds. The number of rotatable bonds is 6. The molecule has 1 aromatic rings. The van der Waals surface area contributed by atoms with Crippen molar-refractivity contribution in [3.8, 4) is 0 Å². The van der Waals surface area contributed by atoms with Crippen LogP contribution in [0.5, 0.6) is 0 Å². The van der Waals surface area contributed by atoms with Crippen molar-refractivity contribution in [2.45, 2.75) is 26.2 Å². The summed E-state index contributed by atoms with van der Waals surface area (Å²) in [6.07, 6.45) is 2.88. The molecular formula is C13H19F2N. The summed E-state index contributed by atoms with van der Waals surface area (Å²) in [7, 11) is 1.90. The molecule has 1 N–H and O–H groups in total. The van der Waals surface area contributed by atoms with Crippen LogP contribution in [0.4, 0.5) is 8.78 Å². The predicted molar refractivity (Wildman–Crippen MR) is 62.4 cm³/mol. The molecule has 0 radical (unpaired) electrons. The van der Waals surface area contributed by atoms with Crippen molar-refractivity contribution < 1.29 is 8.78 Å². The molecule has 0 heterocycles. The van der Waals surface area contributed by atoms with Crippen molar-refractivity contribution in [1.29, 1.82) is 0 Å². The Bertz CT molecular complexity index is 299. The van der Waals surface area contributed by atoms with Crippen molar-refractivity contribution in [2.24, 2.45) is 5.92 Å². The third kappa shape index (κ3) is 4.27. The fourth-order valence-electron chi connectivity index (χ4n) is 2.04. The van der Waals surface area contributed by atoms with Crippen LogP contribution in [0.3, 0.4) is 0 Å². The zero-order valence-corrected chi connectivity index (χ0v) is 9.89. The van der Waals surface area contributed by atoms with Gasteiger partial charge in [-0.05, 0) is 50.0 Å². The molecule has 1 aromatic carbocycles. The molecule has 0 aromatic heterocycles. The molecule has 90 valence electrons. The average Bonchev–Trinajstić information content (AvgIpc) is 2.16. The van der Waals surface area contributed by atoms with Gasteiger partial charge < -0.3 is 5.32 Å². The second kappa shape index (κ2) is 6.59. The van der Waals surface area contributed by atoms with Crippen molar-refractivity contribution in [1.82, 2.24) is 5.32 Å². The lowest BCUT2D eigenvalue weighted by molar-refractivity contribution is 0.453. The van der Waals surface area contributed by atoms with Gasteiger partial charge in [0, 0.05) is 6.07 Å². The fraction of sp³-hybridized carbons (Fsp3) is 0.538. The van der Waals surface area contributed by atoms with E-state index in [9.17, 15) is 8.78 Å². The summed E-state index contributed by atoms with van der Waals surface area (Å²) in [5.41, 5.74) is 0.742. The minimum Gasteiger partial charge on any atom is -0.319 e. The standard InChI is InChI=1S/C13H19F2N/c1-3-4-10(9-16-2)5-11-6-12(14)8-13(15)7-11/h6-8,10,16H,3-5,9H2,1-2H3. The van der Waals surface area contributed by atoms with Crippen LogP contribution in [-0.4, -0.2) is 13.6 Å². The Morgan fingerprint density at radius 3 is 2.31 bits per heavy atom. The van der Waals surface area contributed by atoms with E-state index in [0.29, 0.717) is 5.92 Å². The highest BCUT2D eigenvalue weighted by Crippen LogP contribution is 2.16. The largest absolute Gasteiger partial charge is 0.319 e. The second-order valence-corrected chi connectivity index (χ2v) is 4.19. The van der Waals surface area contributed by atoms with Gasteiger partial charge in [0.1, 0.15) is 11.6 Å². The highest BCUT2D eigenvalue weighted by Gasteiger charge is 2.09. The van der Waals surface area contributed by atoms with Gasteiger partial charge in [-0.15, -0.1) is 0 Å². The van der Waals surface area contributed by atoms with Gasteiger partial charge >= 0.3 is 0 Å². The van der Waals surface area contributed by atoms with Gasteiger partial charge in [0.05, 0.1) is 0 Å².